The van der Waals surface area contributed by atoms with Crippen molar-refractivity contribution >= 4 is 27.7 Å². The van der Waals surface area contributed by atoms with Crippen molar-refractivity contribution in [3.8, 4) is 11.4 Å². The fraction of sp³-hybridized carbons (Fsp3) is 0.118. The number of benzene rings is 1. The molecule has 0 bridgehead atoms. The van der Waals surface area contributed by atoms with Gasteiger partial charge in [0.05, 0.1) is 11.4 Å². The summed E-state index contributed by atoms with van der Waals surface area (Å²) in [7, 11) is 1.80. The number of aromatic nitrogens is 3. The zero-order valence-electron chi connectivity index (χ0n) is 12.6. The summed E-state index contributed by atoms with van der Waals surface area (Å²) in [6, 6.07) is 15.8. The number of hydrogen-bond donors (Lipinski definition) is 2. The van der Waals surface area contributed by atoms with E-state index >= 15 is 0 Å². The molecule has 0 unspecified atom stereocenters. The first-order valence-electron chi connectivity index (χ1n) is 7.22. The van der Waals surface area contributed by atoms with Crippen LogP contribution in [0.5, 0.6) is 0 Å². The summed E-state index contributed by atoms with van der Waals surface area (Å²) in [6.45, 7) is 0.670. The zero-order chi connectivity index (χ0) is 16.1. The second-order valence-electron chi connectivity index (χ2n) is 4.87. The standard InChI is InChI=1S/C17H16BrN5/c1-19-17-22-15(14-8-4-5-9-20-14)10-16(23-17)21-11-12-6-2-3-7-13(12)18/h2-10H,11H2,1H3,(H2,19,21,22,23). The Bertz CT molecular complexity index is 792. The zero-order valence-corrected chi connectivity index (χ0v) is 14.2. The number of anilines is 2. The average Bonchev–Trinajstić information content (AvgIpc) is 2.61. The van der Waals surface area contributed by atoms with E-state index in [4.69, 9.17) is 0 Å². The minimum atomic E-state index is 0.558. The Morgan fingerprint density at radius 3 is 2.57 bits per heavy atom. The molecule has 2 heterocycles. The number of rotatable bonds is 5. The van der Waals surface area contributed by atoms with Crippen molar-refractivity contribution in [3.05, 3.63) is 64.8 Å². The maximum Gasteiger partial charge on any atom is 0.224 e. The van der Waals surface area contributed by atoms with Crippen molar-refractivity contribution < 1.29 is 0 Å². The molecule has 1 aromatic carbocycles. The molecule has 2 aromatic heterocycles. The van der Waals surface area contributed by atoms with E-state index in [1.165, 1.54) is 0 Å². The first-order valence-corrected chi connectivity index (χ1v) is 8.01. The summed E-state index contributed by atoms with van der Waals surface area (Å²) in [5, 5.41) is 6.33. The Morgan fingerprint density at radius 2 is 1.83 bits per heavy atom. The van der Waals surface area contributed by atoms with Crippen LogP contribution in [0.15, 0.2) is 59.2 Å². The smallest absolute Gasteiger partial charge is 0.224 e. The van der Waals surface area contributed by atoms with Crippen LogP contribution < -0.4 is 10.6 Å². The van der Waals surface area contributed by atoms with E-state index in [2.05, 4.69) is 47.6 Å². The van der Waals surface area contributed by atoms with E-state index in [1.54, 1.807) is 13.2 Å². The van der Waals surface area contributed by atoms with E-state index in [0.29, 0.717) is 12.5 Å². The molecule has 2 N–H and O–H groups in total. The fourth-order valence-corrected chi connectivity index (χ4v) is 2.55. The van der Waals surface area contributed by atoms with Gasteiger partial charge in [-0.25, -0.2) is 4.98 Å². The molecule has 0 aliphatic heterocycles. The highest BCUT2D eigenvalue weighted by molar-refractivity contribution is 9.10. The van der Waals surface area contributed by atoms with Crippen molar-refractivity contribution in [2.45, 2.75) is 6.54 Å². The number of nitrogens with zero attached hydrogens (tertiary/aromatic N) is 3. The molecule has 0 saturated carbocycles. The molecular formula is C17H16BrN5. The molecule has 116 valence electrons. The van der Waals surface area contributed by atoms with Crippen molar-refractivity contribution in [1.82, 2.24) is 15.0 Å². The van der Waals surface area contributed by atoms with Gasteiger partial charge in [0.15, 0.2) is 0 Å². The molecule has 6 heteroatoms. The van der Waals surface area contributed by atoms with Crippen LogP contribution in [-0.2, 0) is 6.54 Å². The Hall–Kier alpha value is -2.47. The van der Waals surface area contributed by atoms with Crippen molar-refractivity contribution in [2.75, 3.05) is 17.7 Å². The maximum atomic E-state index is 4.46. The van der Waals surface area contributed by atoms with Crippen molar-refractivity contribution in [3.63, 3.8) is 0 Å². The monoisotopic (exact) mass is 369 g/mol. The van der Waals surface area contributed by atoms with Crippen LogP contribution in [0.25, 0.3) is 11.4 Å². The molecule has 0 amide bonds. The lowest BCUT2D eigenvalue weighted by atomic mass is 10.2. The van der Waals surface area contributed by atoms with Crippen LogP contribution >= 0.6 is 15.9 Å². The summed E-state index contributed by atoms with van der Waals surface area (Å²) < 4.78 is 1.07. The Kier molecular flexibility index (Phi) is 4.83. The largest absolute Gasteiger partial charge is 0.366 e. The third kappa shape index (κ3) is 3.84. The first kappa shape index (κ1) is 15.4. The number of halogens is 1. The highest BCUT2D eigenvalue weighted by atomic mass is 79.9. The minimum absolute atomic E-state index is 0.558. The lowest BCUT2D eigenvalue weighted by Gasteiger charge is -2.10. The molecule has 0 aliphatic rings. The Balaban J connectivity index is 1.86. The van der Waals surface area contributed by atoms with E-state index in [0.717, 1.165) is 27.2 Å². The van der Waals surface area contributed by atoms with E-state index in [-0.39, 0.29) is 0 Å². The van der Waals surface area contributed by atoms with Crippen molar-refractivity contribution in [1.29, 1.82) is 0 Å². The molecule has 0 spiro atoms. The second kappa shape index (κ2) is 7.19. The molecule has 0 atom stereocenters. The lowest BCUT2D eigenvalue weighted by molar-refractivity contribution is 1.07. The highest BCUT2D eigenvalue weighted by Crippen LogP contribution is 2.21. The van der Waals surface area contributed by atoms with Crippen LogP contribution in [-0.4, -0.2) is 22.0 Å². The average molecular weight is 370 g/mol. The maximum absolute atomic E-state index is 4.46. The topological polar surface area (TPSA) is 62.7 Å². The van der Waals surface area contributed by atoms with Gasteiger partial charge >= 0.3 is 0 Å². The van der Waals surface area contributed by atoms with Crippen LogP contribution in [0.2, 0.25) is 0 Å². The van der Waals surface area contributed by atoms with Crippen LogP contribution in [0.4, 0.5) is 11.8 Å². The SMILES string of the molecule is CNc1nc(NCc2ccccc2Br)cc(-c2ccccn2)n1. The summed E-state index contributed by atoms with van der Waals surface area (Å²) in [4.78, 5) is 13.3. The molecule has 0 saturated heterocycles. The van der Waals surface area contributed by atoms with Gasteiger partial charge in [0, 0.05) is 30.3 Å². The third-order valence-electron chi connectivity index (χ3n) is 3.29. The predicted octanol–water partition coefficient (Wildman–Crippen LogP) is 3.95. The fourth-order valence-electron chi connectivity index (χ4n) is 2.12. The molecule has 0 aliphatic carbocycles. The highest BCUT2D eigenvalue weighted by Gasteiger charge is 2.07. The number of pyridine rings is 1. The predicted molar refractivity (Wildman–Crippen MR) is 96.3 cm³/mol. The molecule has 5 nitrogen and oxygen atoms in total. The van der Waals surface area contributed by atoms with Gasteiger partial charge in [-0.3, -0.25) is 4.98 Å². The van der Waals surface area contributed by atoms with E-state index in [1.807, 2.05) is 42.5 Å². The summed E-state index contributed by atoms with van der Waals surface area (Å²) >= 11 is 3.55. The van der Waals surface area contributed by atoms with Gasteiger partial charge in [-0.1, -0.05) is 40.2 Å². The van der Waals surface area contributed by atoms with Gasteiger partial charge in [0.2, 0.25) is 5.95 Å². The van der Waals surface area contributed by atoms with E-state index in [9.17, 15) is 0 Å². The third-order valence-corrected chi connectivity index (χ3v) is 4.07. The van der Waals surface area contributed by atoms with Gasteiger partial charge in [-0.05, 0) is 23.8 Å². The summed E-state index contributed by atoms with van der Waals surface area (Å²) in [5.74, 6) is 1.31. The quantitative estimate of drug-likeness (QED) is 0.712. The van der Waals surface area contributed by atoms with Gasteiger partial charge in [0.1, 0.15) is 5.82 Å². The molecule has 23 heavy (non-hydrogen) atoms. The Morgan fingerprint density at radius 1 is 1.00 bits per heavy atom. The summed E-state index contributed by atoms with van der Waals surface area (Å²) in [5.41, 5.74) is 2.76. The van der Waals surface area contributed by atoms with Gasteiger partial charge in [-0.2, -0.15) is 4.98 Å². The van der Waals surface area contributed by atoms with Gasteiger partial charge < -0.3 is 10.6 Å². The second-order valence-corrected chi connectivity index (χ2v) is 5.73. The van der Waals surface area contributed by atoms with Gasteiger partial charge in [-0.15, -0.1) is 0 Å². The van der Waals surface area contributed by atoms with E-state index < -0.39 is 0 Å². The Labute approximate surface area is 143 Å². The van der Waals surface area contributed by atoms with Crippen LogP contribution in [0, 0.1) is 0 Å². The van der Waals surface area contributed by atoms with Crippen molar-refractivity contribution in [2.24, 2.45) is 0 Å². The first-order chi connectivity index (χ1) is 11.3. The summed E-state index contributed by atoms with van der Waals surface area (Å²) in [6.07, 6.45) is 1.75. The van der Waals surface area contributed by atoms with Gasteiger partial charge in [0.25, 0.3) is 0 Å². The minimum Gasteiger partial charge on any atom is -0.366 e. The normalized spacial score (nSPS) is 10.3. The molecule has 3 aromatic rings. The van der Waals surface area contributed by atoms with Crippen LogP contribution in [0.3, 0.4) is 0 Å². The lowest BCUT2D eigenvalue weighted by Crippen LogP contribution is -2.06. The number of nitrogens with one attached hydrogen (secondary N) is 2. The van der Waals surface area contributed by atoms with Crippen LogP contribution in [0.1, 0.15) is 5.56 Å². The number of hydrogen-bond acceptors (Lipinski definition) is 5. The molecule has 0 radical (unpaired) electrons. The molecule has 0 fully saturated rings. The molecule has 3 rings (SSSR count). The molecular weight excluding hydrogens is 354 g/mol.